The Morgan fingerprint density at radius 3 is 2.45 bits per heavy atom. The van der Waals surface area contributed by atoms with Crippen molar-refractivity contribution in [1.29, 1.82) is 0 Å². The summed E-state index contributed by atoms with van der Waals surface area (Å²) >= 11 is 0. The Kier molecular flexibility index (Phi) is 8.03. The third-order valence-electron chi connectivity index (χ3n) is 8.74. The molecule has 3 saturated heterocycles. The van der Waals surface area contributed by atoms with Gasteiger partial charge in [0, 0.05) is 75.6 Å². The molecule has 0 aliphatic carbocycles. The van der Waals surface area contributed by atoms with Gasteiger partial charge in [0.1, 0.15) is 17.5 Å². The molecule has 236 valence electrons. The Labute approximate surface area is 255 Å². The van der Waals surface area contributed by atoms with Gasteiger partial charge in [-0.05, 0) is 52.2 Å². The summed E-state index contributed by atoms with van der Waals surface area (Å²) in [5, 5.41) is 11.1. The first kappa shape index (κ1) is 30.0. The Morgan fingerprint density at radius 1 is 1.05 bits per heavy atom. The van der Waals surface area contributed by atoms with Gasteiger partial charge in [0.2, 0.25) is 11.8 Å². The Morgan fingerprint density at radius 2 is 1.77 bits per heavy atom. The fourth-order valence-corrected chi connectivity index (χ4v) is 6.47. The van der Waals surface area contributed by atoms with Crippen molar-refractivity contribution in [2.75, 3.05) is 44.2 Å². The van der Waals surface area contributed by atoms with Gasteiger partial charge in [-0.2, -0.15) is 0 Å². The van der Waals surface area contributed by atoms with E-state index in [1.807, 2.05) is 31.6 Å². The van der Waals surface area contributed by atoms with Crippen molar-refractivity contribution in [1.82, 2.24) is 35.0 Å². The van der Waals surface area contributed by atoms with Crippen LogP contribution in [0, 0.1) is 5.82 Å². The van der Waals surface area contributed by atoms with E-state index in [1.165, 1.54) is 17.0 Å². The van der Waals surface area contributed by atoms with Gasteiger partial charge >= 0.3 is 6.09 Å². The lowest BCUT2D eigenvalue weighted by Gasteiger charge is -2.36. The number of hydrogen-bond donors (Lipinski definition) is 1. The summed E-state index contributed by atoms with van der Waals surface area (Å²) in [6.07, 6.45) is 3.69. The zero-order valence-electron chi connectivity index (χ0n) is 25.4. The number of piperazine rings is 1. The summed E-state index contributed by atoms with van der Waals surface area (Å²) < 4.78 is 22.1. The van der Waals surface area contributed by atoms with E-state index < -0.39 is 23.4 Å². The number of imide groups is 1. The number of benzene rings is 1. The Bertz CT molecular complexity index is 1460. The molecule has 5 heterocycles. The van der Waals surface area contributed by atoms with Gasteiger partial charge in [-0.1, -0.05) is 5.21 Å². The number of carbonyl (C=O) groups excluding carboxylic acids is 4. The second-order valence-electron chi connectivity index (χ2n) is 13.0. The average molecular weight is 611 g/mol. The number of halogens is 1. The molecule has 0 saturated carbocycles. The first-order valence-electron chi connectivity index (χ1n) is 15.3. The maximum absolute atomic E-state index is 14.7. The highest BCUT2D eigenvalue weighted by molar-refractivity contribution is 6.06. The molecule has 14 heteroatoms. The van der Waals surface area contributed by atoms with Crippen molar-refractivity contribution in [3.63, 3.8) is 0 Å². The average Bonchev–Trinajstić information content (AvgIpc) is 3.57. The molecule has 44 heavy (non-hydrogen) atoms. The first-order valence-corrected chi connectivity index (χ1v) is 15.3. The molecule has 0 radical (unpaired) electrons. The molecule has 1 N–H and O–H groups in total. The van der Waals surface area contributed by atoms with Gasteiger partial charge < -0.3 is 19.4 Å². The van der Waals surface area contributed by atoms with E-state index in [0.29, 0.717) is 38.4 Å². The third kappa shape index (κ3) is 6.26. The van der Waals surface area contributed by atoms with Crippen LogP contribution >= 0.6 is 0 Å². The number of piperidine rings is 2. The van der Waals surface area contributed by atoms with Crippen LogP contribution in [0.2, 0.25) is 0 Å². The molecule has 1 aromatic carbocycles. The molecule has 3 fully saturated rings. The summed E-state index contributed by atoms with van der Waals surface area (Å²) in [6, 6.07) is 2.14. The summed E-state index contributed by atoms with van der Waals surface area (Å²) in [6.45, 7) is 10.4. The fraction of sp³-hybridized carbons (Fsp3) is 0.600. The van der Waals surface area contributed by atoms with Crippen molar-refractivity contribution in [2.45, 2.75) is 77.2 Å². The minimum absolute atomic E-state index is 0.167. The minimum Gasteiger partial charge on any atom is -0.444 e. The summed E-state index contributed by atoms with van der Waals surface area (Å²) in [5.74, 6) is -1.70. The van der Waals surface area contributed by atoms with Crippen molar-refractivity contribution >= 4 is 29.5 Å². The number of hydrogen-bond acceptors (Lipinski definition) is 9. The summed E-state index contributed by atoms with van der Waals surface area (Å²) in [4.78, 5) is 57.2. The van der Waals surface area contributed by atoms with Gasteiger partial charge in [0.25, 0.3) is 5.91 Å². The summed E-state index contributed by atoms with van der Waals surface area (Å²) in [5.41, 5.74) is 2.02. The standard InChI is InChI=1S/C30H39FN8O5/c1-30(2,3)44-29(43)37-8-6-21(7-9-37)39-17-20(33-34-39)16-35-10-12-36(13-11-35)25-15-19(31)14-22-23(25)18-38(28(22)42)24-4-5-26(40)32-27(24)41/h14-15,17,21,24H,4-13,16,18H2,1-3H3,(H,32,40,41). The van der Waals surface area contributed by atoms with Crippen LogP contribution in [0.4, 0.5) is 14.9 Å². The molecule has 0 bridgehead atoms. The largest absolute Gasteiger partial charge is 0.444 e. The number of nitrogens with one attached hydrogen (secondary N) is 1. The topological polar surface area (TPSA) is 133 Å². The van der Waals surface area contributed by atoms with Crippen LogP contribution in [0.15, 0.2) is 18.3 Å². The molecular weight excluding hydrogens is 571 g/mol. The first-order chi connectivity index (χ1) is 20.9. The number of aromatic nitrogens is 3. The van der Waals surface area contributed by atoms with Crippen LogP contribution in [-0.4, -0.2) is 104 Å². The lowest BCUT2D eigenvalue weighted by Crippen LogP contribution is -2.52. The minimum atomic E-state index is -0.744. The quantitative estimate of drug-likeness (QED) is 0.505. The second kappa shape index (κ2) is 11.8. The molecule has 1 aromatic heterocycles. The van der Waals surface area contributed by atoms with Gasteiger partial charge in [0.05, 0.1) is 17.9 Å². The van der Waals surface area contributed by atoms with Gasteiger partial charge in [-0.3, -0.25) is 24.6 Å². The van der Waals surface area contributed by atoms with Crippen molar-refractivity contribution in [3.8, 4) is 0 Å². The van der Waals surface area contributed by atoms with Crippen LogP contribution in [0.1, 0.15) is 74.1 Å². The van der Waals surface area contributed by atoms with Crippen LogP contribution in [0.25, 0.3) is 0 Å². The molecule has 4 amide bonds. The van der Waals surface area contributed by atoms with E-state index in [9.17, 15) is 23.6 Å². The zero-order valence-corrected chi connectivity index (χ0v) is 25.4. The molecule has 4 aliphatic heterocycles. The van der Waals surface area contributed by atoms with Crippen LogP contribution < -0.4 is 10.2 Å². The van der Waals surface area contributed by atoms with Gasteiger partial charge in [-0.15, -0.1) is 5.10 Å². The highest BCUT2D eigenvalue weighted by Gasteiger charge is 2.41. The van der Waals surface area contributed by atoms with Crippen LogP contribution in [0.5, 0.6) is 0 Å². The fourth-order valence-electron chi connectivity index (χ4n) is 6.47. The van der Waals surface area contributed by atoms with E-state index in [0.717, 1.165) is 37.2 Å². The van der Waals surface area contributed by atoms with Crippen molar-refractivity contribution < 1.29 is 28.3 Å². The van der Waals surface area contributed by atoms with Crippen LogP contribution in [0.3, 0.4) is 0 Å². The molecule has 1 unspecified atom stereocenters. The van der Waals surface area contributed by atoms with Crippen LogP contribution in [-0.2, 0) is 27.4 Å². The number of fused-ring (bicyclic) bond motifs is 1. The second-order valence-corrected chi connectivity index (χ2v) is 13.0. The normalized spacial score (nSPS) is 22.0. The monoisotopic (exact) mass is 610 g/mol. The number of amides is 4. The highest BCUT2D eigenvalue weighted by atomic mass is 19.1. The molecule has 1 atom stereocenters. The Balaban J connectivity index is 1.03. The highest BCUT2D eigenvalue weighted by Crippen LogP contribution is 2.35. The van der Waals surface area contributed by atoms with Crippen molar-refractivity contribution in [3.05, 3.63) is 41.0 Å². The molecule has 6 rings (SSSR count). The number of nitrogens with zero attached hydrogens (tertiary/aromatic N) is 7. The molecule has 0 spiro atoms. The lowest BCUT2D eigenvalue weighted by molar-refractivity contribution is -0.136. The SMILES string of the molecule is CC(C)(C)OC(=O)N1CCC(n2cc(CN3CCN(c4cc(F)cc5c4CN(C4CCC(=O)NC4=O)C5=O)CC3)nn2)CC1. The lowest BCUT2D eigenvalue weighted by atomic mass is 10.0. The number of carbonyl (C=O) groups is 4. The van der Waals surface area contributed by atoms with Gasteiger partial charge in [-0.25, -0.2) is 13.9 Å². The van der Waals surface area contributed by atoms with E-state index in [1.54, 1.807) is 4.90 Å². The maximum atomic E-state index is 14.7. The number of anilines is 1. The zero-order chi connectivity index (χ0) is 31.2. The predicted octanol–water partition coefficient (Wildman–Crippen LogP) is 2.07. The molecule has 4 aliphatic rings. The van der Waals surface area contributed by atoms with E-state index >= 15 is 0 Å². The third-order valence-corrected chi connectivity index (χ3v) is 8.74. The van der Waals surface area contributed by atoms with E-state index in [-0.39, 0.29) is 48.9 Å². The summed E-state index contributed by atoms with van der Waals surface area (Å²) in [7, 11) is 0. The molecule has 2 aromatic rings. The number of likely N-dealkylation sites (tertiary alicyclic amines) is 1. The molecular formula is C30H39FN8O5. The predicted molar refractivity (Wildman–Crippen MR) is 156 cm³/mol. The van der Waals surface area contributed by atoms with Gasteiger partial charge in [0.15, 0.2) is 0 Å². The Hall–Kier alpha value is -4.07. The number of rotatable bonds is 5. The maximum Gasteiger partial charge on any atom is 0.410 e. The smallest absolute Gasteiger partial charge is 0.410 e. The van der Waals surface area contributed by atoms with E-state index in [4.69, 9.17) is 4.74 Å². The molecule has 13 nitrogen and oxygen atoms in total. The van der Waals surface area contributed by atoms with E-state index in [2.05, 4.69) is 25.4 Å². The number of ether oxygens (including phenoxy) is 1. The van der Waals surface area contributed by atoms with Crippen molar-refractivity contribution in [2.24, 2.45) is 0 Å².